The molecule has 0 amide bonds. The number of aliphatic hydroxyl groups is 1. The summed E-state index contributed by atoms with van der Waals surface area (Å²) in [5.41, 5.74) is 1.85. The van der Waals surface area contributed by atoms with Gasteiger partial charge in [0, 0.05) is 6.42 Å². The van der Waals surface area contributed by atoms with Gasteiger partial charge < -0.3 is 10.2 Å². The molecule has 5 heteroatoms. The van der Waals surface area contributed by atoms with Crippen LogP contribution in [0.1, 0.15) is 29.7 Å². The molecule has 1 unspecified atom stereocenters. The molecule has 0 aliphatic heterocycles. The summed E-state index contributed by atoms with van der Waals surface area (Å²) in [6, 6.07) is 4.98. The lowest BCUT2D eigenvalue weighted by atomic mass is 9.98. The van der Waals surface area contributed by atoms with Crippen molar-refractivity contribution in [1.29, 1.82) is 0 Å². The summed E-state index contributed by atoms with van der Waals surface area (Å²) in [6.45, 7) is 1.92. The zero-order chi connectivity index (χ0) is 13.7. The Bertz CT molecular complexity index is 456. The highest BCUT2D eigenvalue weighted by Crippen LogP contribution is 2.19. The number of carbonyl (C=O) groups excluding carboxylic acids is 1. The van der Waals surface area contributed by atoms with Crippen LogP contribution in [0.3, 0.4) is 0 Å². The number of halogens is 1. The Kier molecular flexibility index (Phi) is 5.31. The van der Waals surface area contributed by atoms with Crippen molar-refractivity contribution in [2.75, 3.05) is 5.88 Å². The number of carbonyl (C=O) groups is 2. The molecule has 98 valence electrons. The Balaban J connectivity index is 3.08. The molecule has 2 N–H and O–H groups in total. The van der Waals surface area contributed by atoms with Crippen molar-refractivity contribution in [3.63, 3.8) is 0 Å². The monoisotopic (exact) mass is 270 g/mol. The Morgan fingerprint density at radius 1 is 1.28 bits per heavy atom. The van der Waals surface area contributed by atoms with Crippen molar-refractivity contribution in [1.82, 2.24) is 0 Å². The minimum Gasteiger partial charge on any atom is -0.479 e. The lowest BCUT2D eigenvalue weighted by molar-refractivity contribution is -0.146. The topological polar surface area (TPSA) is 74.6 Å². The zero-order valence-electron chi connectivity index (χ0n) is 10.0. The number of ketones is 1. The van der Waals surface area contributed by atoms with Crippen LogP contribution >= 0.6 is 11.6 Å². The molecular formula is C13H15ClO4. The Labute approximate surface area is 110 Å². The minimum absolute atomic E-state index is 0.0762. The number of aliphatic carboxylic acids is 1. The van der Waals surface area contributed by atoms with E-state index in [2.05, 4.69) is 0 Å². The normalized spacial score (nSPS) is 12.2. The van der Waals surface area contributed by atoms with Gasteiger partial charge in [-0.25, -0.2) is 4.79 Å². The Morgan fingerprint density at radius 3 is 2.39 bits per heavy atom. The maximum absolute atomic E-state index is 11.3. The summed E-state index contributed by atoms with van der Waals surface area (Å²) >= 11 is 5.44. The van der Waals surface area contributed by atoms with Gasteiger partial charge in [0.1, 0.15) is 0 Å². The highest BCUT2D eigenvalue weighted by molar-refractivity contribution is 6.27. The average molecular weight is 271 g/mol. The summed E-state index contributed by atoms with van der Waals surface area (Å²) in [5, 5.41) is 18.3. The summed E-state index contributed by atoms with van der Waals surface area (Å²) in [4.78, 5) is 22.0. The van der Waals surface area contributed by atoms with E-state index >= 15 is 0 Å². The number of hydrogen-bond acceptors (Lipinski definition) is 3. The Morgan fingerprint density at radius 2 is 1.89 bits per heavy atom. The van der Waals surface area contributed by atoms with Crippen LogP contribution in [0.25, 0.3) is 0 Å². The number of alkyl halides is 1. The molecule has 1 atom stereocenters. The molecule has 0 fully saturated rings. The number of carboxylic acid groups (broad SMARTS) is 1. The molecule has 0 bridgehead atoms. The second-order valence-corrected chi connectivity index (χ2v) is 4.29. The number of aliphatic hydroxyl groups excluding tert-OH is 1. The van der Waals surface area contributed by atoms with Crippen molar-refractivity contribution in [3.05, 3.63) is 34.9 Å². The number of aryl methyl sites for hydroxylation is 1. The van der Waals surface area contributed by atoms with Gasteiger partial charge in [-0.1, -0.05) is 25.1 Å². The molecule has 0 aliphatic carbocycles. The number of hydrogen-bond donors (Lipinski definition) is 2. The number of benzene rings is 1. The summed E-state index contributed by atoms with van der Waals surface area (Å²) in [5.74, 6) is -1.52. The zero-order valence-corrected chi connectivity index (χ0v) is 10.8. The van der Waals surface area contributed by atoms with Gasteiger partial charge in [-0.3, -0.25) is 4.79 Å². The first-order valence-electron chi connectivity index (χ1n) is 5.59. The first-order chi connectivity index (χ1) is 8.47. The maximum atomic E-state index is 11.3. The van der Waals surface area contributed by atoms with Crippen LogP contribution in [0.2, 0.25) is 0 Å². The highest BCUT2D eigenvalue weighted by atomic mass is 35.5. The van der Waals surface area contributed by atoms with Gasteiger partial charge in [0.05, 0.1) is 5.88 Å². The fourth-order valence-electron chi connectivity index (χ4n) is 1.67. The predicted octanol–water partition coefficient (Wildman–Crippen LogP) is 1.72. The van der Waals surface area contributed by atoms with E-state index in [1.165, 1.54) is 6.07 Å². The molecule has 0 aliphatic rings. The van der Waals surface area contributed by atoms with Crippen LogP contribution in [-0.2, 0) is 22.4 Å². The van der Waals surface area contributed by atoms with Crippen LogP contribution < -0.4 is 0 Å². The van der Waals surface area contributed by atoms with E-state index < -0.39 is 12.1 Å². The lowest BCUT2D eigenvalue weighted by Crippen LogP contribution is -2.12. The third-order valence-electron chi connectivity index (χ3n) is 2.58. The van der Waals surface area contributed by atoms with Crippen LogP contribution in [0, 0.1) is 0 Å². The van der Waals surface area contributed by atoms with Gasteiger partial charge in [-0.2, -0.15) is 0 Å². The molecule has 0 radical (unpaired) electrons. The predicted molar refractivity (Wildman–Crippen MR) is 67.8 cm³/mol. The van der Waals surface area contributed by atoms with E-state index in [0.29, 0.717) is 17.5 Å². The second-order valence-electron chi connectivity index (χ2n) is 4.03. The minimum atomic E-state index is -1.57. The molecule has 1 rings (SSSR count). The van der Waals surface area contributed by atoms with E-state index in [-0.39, 0.29) is 18.1 Å². The van der Waals surface area contributed by atoms with Crippen LogP contribution in [0.5, 0.6) is 0 Å². The standard InChI is InChI=1S/C13H15ClO4/c1-2-8-3-9(6-11(15)7-14)5-10(4-8)12(16)13(17)18/h3-5,12,16H,2,6-7H2,1H3,(H,17,18). The van der Waals surface area contributed by atoms with Crippen molar-refractivity contribution >= 4 is 23.4 Å². The highest BCUT2D eigenvalue weighted by Gasteiger charge is 2.17. The summed E-state index contributed by atoms with van der Waals surface area (Å²) in [7, 11) is 0. The van der Waals surface area contributed by atoms with Gasteiger partial charge >= 0.3 is 5.97 Å². The van der Waals surface area contributed by atoms with Crippen molar-refractivity contribution < 1.29 is 19.8 Å². The number of rotatable bonds is 6. The molecule has 4 nitrogen and oxygen atoms in total. The quantitative estimate of drug-likeness (QED) is 0.772. The first kappa shape index (κ1) is 14.7. The van der Waals surface area contributed by atoms with E-state index in [1.54, 1.807) is 6.07 Å². The molecular weight excluding hydrogens is 256 g/mol. The Hall–Kier alpha value is -1.39. The van der Waals surface area contributed by atoms with Gasteiger partial charge in [-0.15, -0.1) is 11.6 Å². The SMILES string of the molecule is CCc1cc(CC(=O)CCl)cc(C(O)C(=O)O)c1. The molecule has 0 aromatic heterocycles. The van der Waals surface area contributed by atoms with Crippen molar-refractivity contribution in [2.45, 2.75) is 25.9 Å². The van der Waals surface area contributed by atoms with Crippen LogP contribution in [-0.4, -0.2) is 27.8 Å². The number of Topliss-reactive ketones (excluding diaryl/α,β-unsaturated/α-hetero) is 1. The third kappa shape index (κ3) is 3.82. The van der Waals surface area contributed by atoms with Crippen molar-refractivity contribution in [2.24, 2.45) is 0 Å². The first-order valence-corrected chi connectivity index (χ1v) is 6.12. The molecule has 0 heterocycles. The second kappa shape index (κ2) is 6.52. The number of carboxylic acids is 1. The van der Waals surface area contributed by atoms with Gasteiger partial charge in [-0.05, 0) is 23.1 Å². The molecule has 0 saturated heterocycles. The van der Waals surface area contributed by atoms with Gasteiger partial charge in [0.15, 0.2) is 11.9 Å². The van der Waals surface area contributed by atoms with E-state index in [4.69, 9.17) is 16.7 Å². The molecule has 0 spiro atoms. The molecule has 1 aromatic carbocycles. The maximum Gasteiger partial charge on any atom is 0.337 e. The fourth-order valence-corrected chi connectivity index (χ4v) is 1.77. The van der Waals surface area contributed by atoms with E-state index in [9.17, 15) is 14.7 Å². The largest absolute Gasteiger partial charge is 0.479 e. The third-order valence-corrected chi connectivity index (χ3v) is 2.88. The lowest BCUT2D eigenvalue weighted by Gasteiger charge is -2.10. The summed E-state index contributed by atoms with van der Waals surface area (Å²) in [6.07, 6.45) is -0.722. The molecule has 1 aromatic rings. The van der Waals surface area contributed by atoms with E-state index in [1.807, 2.05) is 13.0 Å². The average Bonchev–Trinajstić information content (AvgIpc) is 2.36. The van der Waals surface area contributed by atoms with Gasteiger partial charge in [0.2, 0.25) is 0 Å². The van der Waals surface area contributed by atoms with Crippen LogP contribution in [0.15, 0.2) is 18.2 Å². The summed E-state index contributed by atoms with van der Waals surface area (Å²) < 4.78 is 0. The molecule has 0 saturated carbocycles. The van der Waals surface area contributed by atoms with Crippen molar-refractivity contribution in [3.8, 4) is 0 Å². The van der Waals surface area contributed by atoms with Crippen LogP contribution in [0.4, 0.5) is 0 Å². The van der Waals surface area contributed by atoms with Gasteiger partial charge in [0.25, 0.3) is 0 Å². The fraction of sp³-hybridized carbons (Fsp3) is 0.385. The van der Waals surface area contributed by atoms with E-state index in [0.717, 1.165) is 5.56 Å². The molecule has 18 heavy (non-hydrogen) atoms. The smallest absolute Gasteiger partial charge is 0.337 e.